The molecule has 0 fully saturated rings. The van der Waals surface area contributed by atoms with Crippen molar-refractivity contribution in [1.82, 2.24) is 0 Å². The number of aliphatic carboxylic acids is 1. The predicted octanol–water partition coefficient (Wildman–Crippen LogP) is 2.64. The molecule has 2 aromatic rings. The molecular weight excluding hydrogens is 300 g/mol. The zero-order valence-electron chi connectivity index (χ0n) is 12.5. The van der Waals surface area contributed by atoms with Gasteiger partial charge in [-0.1, -0.05) is 0 Å². The van der Waals surface area contributed by atoms with Gasteiger partial charge in [0.15, 0.2) is 5.76 Å². The summed E-state index contributed by atoms with van der Waals surface area (Å²) in [5, 5.41) is 13.8. The minimum absolute atomic E-state index is 0.0916. The number of amides is 2. The van der Waals surface area contributed by atoms with Crippen molar-refractivity contribution in [1.29, 1.82) is 0 Å². The lowest BCUT2D eigenvalue weighted by Gasteiger charge is -2.07. The van der Waals surface area contributed by atoms with E-state index in [0.29, 0.717) is 17.1 Å². The molecule has 0 saturated heterocycles. The number of hydrogen-bond acceptors (Lipinski definition) is 4. The molecule has 2 rings (SSSR count). The third-order valence-corrected chi connectivity index (χ3v) is 2.96. The molecule has 120 valence electrons. The van der Waals surface area contributed by atoms with Gasteiger partial charge in [0.05, 0.1) is 6.42 Å². The number of carbonyl (C=O) groups is 3. The van der Waals surface area contributed by atoms with Crippen molar-refractivity contribution in [3.8, 4) is 0 Å². The molecule has 0 saturated carbocycles. The maximum absolute atomic E-state index is 11.9. The predicted molar refractivity (Wildman–Crippen MR) is 83.3 cm³/mol. The van der Waals surface area contributed by atoms with Crippen LogP contribution in [0.4, 0.5) is 11.4 Å². The van der Waals surface area contributed by atoms with E-state index in [1.807, 2.05) is 0 Å². The average molecular weight is 316 g/mol. The van der Waals surface area contributed by atoms with Gasteiger partial charge in [-0.3, -0.25) is 14.4 Å². The molecule has 0 bridgehead atoms. The molecule has 0 unspecified atom stereocenters. The van der Waals surface area contributed by atoms with Gasteiger partial charge in [0.2, 0.25) is 5.91 Å². The summed E-state index contributed by atoms with van der Waals surface area (Å²) in [6.45, 7) is 1.75. The molecule has 23 heavy (non-hydrogen) atoms. The van der Waals surface area contributed by atoms with Gasteiger partial charge in [-0.15, -0.1) is 0 Å². The molecule has 0 aliphatic heterocycles. The van der Waals surface area contributed by atoms with E-state index >= 15 is 0 Å². The third-order valence-electron chi connectivity index (χ3n) is 2.96. The highest BCUT2D eigenvalue weighted by atomic mass is 16.4. The molecule has 1 aromatic carbocycles. The van der Waals surface area contributed by atoms with Gasteiger partial charge >= 0.3 is 5.97 Å². The van der Waals surface area contributed by atoms with Crippen molar-refractivity contribution in [2.75, 3.05) is 10.6 Å². The van der Waals surface area contributed by atoms with Crippen LogP contribution in [0, 0.1) is 6.92 Å². The van der Waals surface area contributed by atoms with E-state index in [9.17, 15) is 14.4 Å². The number of furan rings is 1. The molecule has 1 aromatic heterocycles. The van der Waals surface area contributed by atoms with Gasteiger partial charge in [-0.25, -0.2) is 0 Å². The number of aryl methyl sites for hydroxylation is 1. The van der Waals surface area contributed by atoms with E-state index in [1.165, 1.54) is 0 Å². The largest absolute Gasteiger partial charge is 0.481 e. The fourth-order valence-electron chi connectivity index (χ4n) is 1.83. The second-order valence-corrected chi connectivity index (χ2v) is 4.88. The highest BCUT2D eigenvalue weighted by Gasteiger charge is 2.10. The Hall–Kier alpha value is -3.09. The molecule has 3 N–H and O–H groups in total. The Morgan fingerprint density at radius 3 is 2.09 bits per heavy atom. The summed E-state index contributed by atoms with van der Waals surface area (Å²) in [5.41, 5.74) is 1.07. The molecule has 0 aliphatic rings. The summed E-state index contributed by atoms with van der Waals surface area (Å²) in [4.78, 5) is 33.8. The normalized spacial score (nSPS) is 10.1. The van der Waals surface area contributed by atoms with Crippen molar-refractivity contribution in [2.24, 2.45) is 0 Å². The molecular formula is C16H16N2O5. The lowest BCUT2D eigenvalue weighted by Crippen LogP contribution is -2.13. The van der Waals surface area contributed by atoms with Crippen molar-refractivity contribution in [3.63, 3.8) is 0 Å². The SMILES string of the molecule is Cc1ccc(C(=O)Nc2ccc(NC(=O)CCC(=O)O)cc2)o1. The first-order valence-electron chi connectivity index (χ1n) is 6.93. The van der Waals surface area contributed by atoms with E-state index in [1.54, 1.807) is 43.3 Å². The topological polar surface area (TPSA) is 109 Å². The minimum atomic E-state index is -1.02. The van der Waals surface area contributed by atoms with Crippen LogP contribution in [0.3, 0.4) is 0 Å². The standard InChI is InChI=1S/C16H16N2O5/c1-10-2-7-13(23-10)16(22)18-12-5-3-11(4-6-12)17-14(19)8-9-15(20)21/h2-7H,8-9H2,1H3,(H,17,19)(H,18,22)(H,20,21). The second kappa shape index (κ2) is 7.26. The van der Waals surface area contributed by atoms with Gasteiger partial charge in [0.25, 0.3) is 5.91 Å². The third kappa shape index (κ3) is 4.99. The van der Waals surface area contributed by atoms with Crippen LogP contribution in [0.25, 0.3) is 0 Å². The van der Waals surface area contributed by atoms with Crippen molar-refractivity contribution < 1.29 is 23.9 Å². The second-order valence-electron chi connectivity index (χ2n) is 4.88. The number of rotatable bonds is 6. The number of anilines is 2. The van der Waals surface area contributed by atoms with E-state index in [2.05, 4.69) is 10.6 Å². The van der Waals surface area contributed by atoms with Crippen LogP contribution in [-0.4, -0.2) is 22.9 Å². The monoisotopic (exact) mass is 316 g/mol. The van der Waals surface area contributed by atoms with E-state index < -0.39 is 5.97 Å². The van der Waals surface area contributed by atoms with Crippen molar-refractivity contribution >= 4 is 29.2 Å². The molecule has 0 atom stereocenters. The quantitative estimate of drug-likeness (QED) is 0.759. The number of benzene rings is 1. The summed E-state index contributed by atoms with van der Waals surface area (Å²) >= 11 is 0. The zero-order chi connectivity index (χ0) is 16.8. The molecule has 0 radical (unpaired) electrons. The lowest BCUT2D eigenvalue weighted by atomic mass is 10.2. The van der Waals surface area contributed by atoms with Crippen molar-refractivity contribution in [3.05, 3.63) is 47.9 Å². The number of carboxylic acid groups (broad SMARTS) is 1. The van der Waals surface area contributed by atoms with Crippen LogP contribution >= 0.6 is 0 Å². The molecule has 1 heterocycles. The highest BCUT2D eigenvalue weighted by molar-refractivity contribution is 6.02. The average Bonchev–Trinajstić information content (AvgIpc) is 2.94. The summed E-state index contributed by atoms with van der Waals surface area (Å²) in [6, 6.07) is 9.76. The number of nitrogens with one attached hydrogen (secondary N) is 2. The molecule has 0 spiro atoms. The Morgan fingerprint density at radius 2 is 1.57 bits per heavy atom. The van der Waals surface area contributed by atoms with Gasteiger partial charge in [-0.2, -0.15) is 0 Å². The number of carbonyl (C=O) groups excluding carboxylic acids is 2. The summed E-state index contributed by atoms with van der Waals surface area (Å²) < 4.78 is 5.22. The number of carboxylic acids is 1. The fraction of sp³-hybridized carbons (Fsp3) is 0.188. The van der Waals surface area contributed by atoms with Gasteiger partial charge in [0, 0.05) is 17.8 Å². The van der Waals surface area contributed by atoms with E-state index in [4.69, 9.17) is 9.52 Å². The van der Waals surface area contributed by atoms with Gasteiger partial charge in [-0.05, 0) is 43.3 Å². The first-order chi connectivity index (χ1) is 10.9. The Labute approximate surface area is 132 Å². The van der Waals surface area contributed by atoms with Crippen LogP contribution in [-0.2, 0) is 9.59 Å². The summed E-state index contributed by atoms with van der Waals surface area (Å²) in [6.07, 6.45) is -0.311. The Kier molecular flexibility index (Phi) is 5.14. The minimum Gasteiger partial charge on any atom is -0.481 e. The van der Waals surface area contributed by atoms with Crippen LogP contribution in [0.1, 0.15) is 29.2 Å². The van der Waals surface area contributed by atoms with Crippen LogP contribution < -0.4 is 10.6 Å². The molecule has 7 heteroatoms. The Balaban J connectivity index is 1.90. The van der Waals surface area contributed by atoms with E-state index in [0.717, 1.165) is 0 Å². The van der Waals surface area contributed by atoms with Crippen LogP contribution in [0.15, 0.2) is 40.8 Å². The molecule has 2 amide bonds. The Morgan fingerprint density at radius 1 is 0.957 bits per heavy atom. The Bertz CT molecular complexity index is 718. The maximum atomic E-state index is 11.9. The first-order valence-corrected chi connectivity index (χ1v) is 6.93. The first kappa shape index (κ1) is 16.3. The zero-order valence-corrected chi connectivity index (χ0v) is 12.5. The van der Waals surface area contributed by atoms with Gasteiger partial charge < -0.3 is 20.2 Å². The fourth-order valence-corrected chi connectivity index (χ4v) is 1.83. The lowest BCUT2D eigenvalue weighted by molar-refractivity contribution is -0.138. The van der Waals surface area contributed by atoms with Crippen molar-refractivity contribution in [2.45, 2.75) is 19.8 Å². The van der Waals surface area contributed by atoms with Gasteiger partial charge in [0.1, 0.15) is 5.76 Å². The smallest absolute Gasteiger partial charge is 0.303 e. The molecule has 7 nitrogen and oxygen atoms in total. The molecule has 0 aliphatic carbocycles. The highest BCUT2D eigenvalue weighted by Crippen LogP contribution is 2.16. The summed E-state index contributed by atoms with van der Waals surface area (Å²) in [7, 11) is 0. The maximum Gasteiger partial charge on any atom is 0.303 e. The van der Waals surface area contributed by atoms with Crippen LogP contribution in [0.5, 0.6) is 0 Å². The summed E-state index contributed by atoms with van der Waals surface area (Å²) in [5.74, 6) is -0.902. The van der Waals surface area contributed by atoms with Crippen LogP contribution in [0.2, 0.25) is 0 Å². The van der Waals surface area contributed by atoms with E-state index in [-0.39, 0.29) is 30.4 Å². The number of hydrogen-bond donors (Lipinski definition) is 3.